The summed E-state index contributed by atoms with van der Waals surface area (Å²) in [6.45, 7) is 11.5. The number of esters is 1. The van der Waals surface area contributed by atoms with Crippen LogP contribution in [0, 0.1) is 6.57 Å². The molecule has 0 aromatic carbocycles. The summed E-state index contributed by atoms with van der Waals surface area (Å²) in [5.41, 5.74) is -0.470. The Morgan fingerprint density at radius 2 is 2.00 bits per heavy atom. The van der Waals surface area contributed by atoms with Gasteiger partial charge in [0.25, 0.3) is 0 Å². The summed E-state index contributed by atoms with van der Waals surface area (Å²) in [6.07, 6.45) is 0. The van der Waals surface area contributed by atoms with Crippen molar-refractivity contribution in [3.63, 3.8) is 0 Å². The van der Waals surface area contributed by atoms with Gasteiger partial charge in [-0.3, -0.25) is 0 Å². The Morgan fingerprint density at radius 1 is 1.55 bits per heavy atom. The molecule has 0 saturated heterocycles. The van der Waals surface area contributed by atoms with E-state index < -0.39 is 11.6 Å². The number of rotatable bonds is 1. The number of carbonyl (C=O) groups is 1. The van der Waals surface area contributed by atoms with Crippen molar-refractivity contribution in [2.75, 3.05) is 6.54 Å². The second-order valence-electron chi connectivity index (χ2n) is 2.90. The van der Waals surface area contributed by atoms with E-state index in [1.54, 1.807) is 20.8 Å². The summed E-state index contributed by atoms with van der Waals surface area (Å²) in [7, 11) is 0. The zero-order valence-corrected chi connectivity index (χ0v) is 8.71. The molecule has 0 aliphatic rings. The molecule has 1 radical (unpaired) electrons. The van der Waals surface area contributed by atoms with E-state index in [1.165, 1.54) is 0 Å². The molecule has 0 saturated carbocycles. The third-order valence-corrected chi connectivity index (χ3v) is 0.628. The molecular weight excluding hydrogens is 228 g/mol. The molecule has 0 aromatic heterocycles. The average Bonchev–Trinajstić information content (AvgIpc) is 1.59. The van der Waals surface area contributed by atoms with Crippen LogP contribution in [0.4, 0.5) is 0 Å². The predicted octanol–water partition coefficient (Wildman–Crippen LogP) is 1.24. The molecule has 0 aliphatic carbocycles. The van der Waals surface area contributed by atoms with Crippen LogP contribution in [0.1, 0.15) is 20.8 Å². The van der Waals surface area contributed by atoms with Gasteiger partial charge in [0.15, 0.2) is 0 Å². The molecule has 0 heterocycles. The first-order valence-corrected chi connectivity index (χ1v) is 3.01. The predicted molar refractivity (Wildman–Crippen MR) is 37.3 cm³/mol. The van der Waals surface area contributed by atoms with Crippen molar-refractivity contribution in [1.29, 1.82) is 0 Å². The minimum atomic E-state index is -0.470. The van der Waals surface area contributed by atoms with Crippen molar-refractivity contribution in [2.45, 2.75) is 26.4 Å². The van der Waals surface area contributed by atoms with Crippen molar-refractivity contribution in [3.05, 3.63) is 11.4 Å². The SMILES string of the molecule is [C-]#[N+]CC(=O)OC(C)(C)C.[Tc]. The Kier molecular flexibility index (Phi) is 6.35. The van der Waals surface area contributed by atoms with E-state index in [0.29, 0.717) is 0 Å². The third kappa shape index (κ3) is 9.61. The van der Waals surface area contributed by atoms with Crippen LogP contribution in [-0.2, 0) is 29.6 Å². The molecule has 11 heavy (non-hydrogen) atoms. The Bertz CT molecular complexity index is 166. The molecule has 4 heteroatoms. The van der Waals surface area contributed by atoms with Crippen LogP contribution in [0.2, 0.25) is 0 Å². The summed E-state index contributed by atoms with van der Waals surface area (Å²) < 4.78 is 4.83. The summed E-state index contributed by atoms with van der Waals surface area (Å²) in [5.74, 6) is -0.456. The van der Waals surface area contributed by atoms with Crippen LogP contribution in [0.3, 0.4) is 0 Å². The Balaban J connectivity index is 0. The third-order valence-electron chi connectivity index (χ3n) is 0.628. The molecule has 0 unspecified atom stereocenters. The van der Waals surface area contributed by atoms with Gasteiger partial charge in [-0.25, -0.2) is 11.4 Å². The first-order chi connectivity index (χ1) is 4.45. The van der Waals surface area contributed by atoms with Gasteiger partial charge in [0.2, 0.25) is 0 Å². The van der Waals surface area contributed by atoms with Gasteiger partial charge in [-0.15, -0.1) is 0 Å². The van der Waals surface area contributed by atoms with Crippen molar-refractivity contribution >= 4 is 5.97 Å². The first kappa shape index (κ1) is 13.2. The van der Waals surface area contributed by atoms with E-state index in [9.17, 15) is 4.79 Å². The van der Waals surface area contributed by atoms with Crippen LogP contribution in [0.15, 0.2) is 0 Å². The standard InChI is InChI=1S/C7H11NO2.Tc/c1-7(2,3)10-6(9)5-8-4;/h5H2,1-3H3;. The van der Waals surface area contributed by atoms with Gasteiger partial charge in [0.05, 0.1) is 0 Å². The van der Waals surface area contributed by atoms with Gasteiger partial charge in [-0.2, -0.15) is 0 Å². The van der Waals surface area contributed by atoms with Crippen LogP contribution >= 0.6 is 0 Å². The van der Waals surface area contributed by atoms with Crippen molar-refractivity contribution in [2.24, 2.45) is 0 Å². The van der Waals surface area contributed by atoms with E-state index in [-0.39, 0.29) is 26.7 Å². The maximum atomic E-state index is 10.6. The van der Waals surface area contributed by atoms with Crippen LogP contribution in [0.5, 0.6) is 0 Å². The maximum absolute atomic E-state index is 10.6. The van der Waals surface area contributed by atoms with Gasteiger partial charge in [-0.05, 0) is 20.8 Å². The minimum absolute atomic E-state index is 0. The molecule has 0 aliphatic heterocycles. The normalized spacial score (nSPS) is 9.27. The van der Waals surface area contributed by atoms with E-state index in [0.717, 1.165) is 0 Å². The molecule has 0 rings (SSSR count). The summed E-state index contributed by atoms with van der Waals surface area (Å²) in [4.78, 5) is 13.5. The summed E-state index contributed by atoms with van der Waals surface area (Å²) in [6, 6.07) is 0. The molecule has 3 nitrogen and oxygen atoms in total. The van der Waals surface area contributed by atoms with Crippen LogP contribution in [0.25, 0.3) is 4.85 Å². The van der Waals surface area contributed by atoms with E-state index in [2.05, 4.69) is 4.85 Å². The number of nitrogens with zero attached hydrogens (tertiary/aromatic N) is 1. The van der Waals surface area contributed by atoms with Crippen LogP contribution in [-0.4, -0.2) is 18.1 Å². The molecular formula is C7H11NO2Tc. The van der Waals surface area contributed by atoms with Gasteiger partial charge >= 0.3 is 12.5 Å². The molecule has 0 aromatic rings. The van der Waals surface area contributed by atoms with Gasteiger partial charge < -0.3 is 9.58 Å². The minimum Gasteiger partial charge on any atom is -0.454 e. The Morgan fingerprint density at radius 3 is 2.27 bits per heavy atom. The van der Waals surface area contributed by atoms with Gasteiger partial charge in [0.1, 0.15) is 5.60 Å². The molecule has 0 spiro atoms. The average molecular weight is 239 g/mol. The molecule has 0 amide bonds. The summed E-state index contributed by atoms with van der Waals surface area (Å²) >= 11 is 0. The smallest absolute Gasteiger partial charge is 0.387 e. The van der Waals surface area contributed by atoms with E-state index >= 15 is 0 Å². The summed E-state index contributed by atoms with van der Waals surface area (Å²) in [5, 5.41) is 0. The van der Waals surface area contributed by atoms with Crippen molar-refractivity contribution < 1.29 is 29.6 Å². The zero-order valence-electron chi connectivity index (χ0n) is 6.85. The Labute approximate surface area is 80.3 Å². The maximum Gasteiger partial charge on any atom is 0.387 e. The second-order valence-corrected chi connectivity index (χ2v) is 2.90. The molecule has 0 atom stereocenters. The fourth-order valence-electron chi connectivity index (χ4n) is 0.438. The van der Waals surface area contributed by atoms with Gasteiger partial charge in [-0.1, -0.05) is 0 Å². The van der Waals surface area contributed by atoms with E-state index in [1.807, 2.05) is 0 Å². The molecule has 0 fully saturated rings. The number of hydrogen-bond donors (Lipinski definition) is 0. The van der Waals surface area contributed by atoms with Crippen molar-refractivity contribution in [1.82, 2.24) is 0 Å². The molecule has 63 valence electrons. The monoisotopic (exact) mass is 238 g/mol. The number of ether oxygens (including phenoxy) is 1. The molecule has 0 N–H and O–H groups in total. The van der Waals surface area contributed by atoms with Gasteiger partial charge in [0, 0.05) is 20.1 Å². The molecule has 0 bridgehead atoms. The zero-order chi connectivity index (χ0) is 8.20. The number of hydrogen-bond acceptors (Lipinski definition) is 2. The van der Waals surface area contributed by atoms with E-state index in [4.69, 9.17) is 11.3 Å². The quantitative estimate of drug-likeness (QED) is 0.509. The van der Waals surface area contributed by atoms with Crippen molar-refractivity contribution in [3.8, 4) is 0 Å². The second kappa shape index (κ2) is 5.28. The fraction of sp³-hybridized carbons (Fsp3) is 0.714. The fourth-order valence-corrected chi connectivity index (χ4v) is 0.438. The first-order valence-electron chi connectivity index (χ1n) is 3.01. The van der Waals surface area contributed by atoms with Crippen LogP contribution < -0.4 is 0 Å². The largest absolute Gasteiger partial charge is 0.454 e. The Hall–Kier alpha value is -0.391. The number of carbonyl (C=O) groups excluding carboxylic acids is 1. The topological polar surface area (TPSA) is 30.7 Å².